The van der Waals surface area contributed by atoms with Gasteiger partial charge in [0.1, 0.15) is 0 Å². The summed E-state index contributed by atoms with van der Waals surface area (Å²) in [6, 6.07) is 5.95. The van der Waals surface area contributed by atoms with Crippen LogP contribution in [0.3, 0.4) is 0 Å². The van der Waals surface area contributed by atoms with Gasteiger partial charge in [0.15, 0.2) is 0 Å². The summed E-state index contributed by atoms with van der Waals surface area (Å²) in [5.41, 5.74) is 2.85. The van der Waals surface area contributed by atoms with Crippen molar-refractivity contribution in [2.45, 2.75) is 46.1 Å². The molecule has 2 nitrogen and oxygen atoms in total. The molecule has 3 heteroatoms. The first-order valence-corrected chi connectivity index (χ1v) is 7.55. The highest BCUT2D eigenvalue weighted by molar-refractivity contribution is 9.09. The van der Waals surface area contributed by atoms with Crippen molar-refractivity contribution >= 4 is 21.8 Å². The van der Waals surface area contributed by atoms with E-state index in [4.69, 9.17) is 0 Å². The topological polar surface area (TPSA) is 29.1 Å². The van der Waals surface area contributed by atoms with Crippen molar-refractivity contribution in [2.75, 3.05) is 5.33 Å². The molecule has 0 aliphatic carbocycles. The number of aryl methyl sites for hydroxylation is 2. The Hall–Kier alpha value is -0.830. The second kappa shape index (κ2) is 6.37. The van der Waals surface area contributed by atoms with Crippen LogP contribution < -0.4 is 5.32 Å². The van der Waals surface area contributed by atoms with E-state index >= 15 is 0 Å². The number of benzene rings is 1. The average molecular weight is 312 g/mol. The van der Waals surface area contributed by atoms with Gasteiger partial charge < -0.3 is 5.32 Å². The molecule has 0 aliphatic rings. The van der Waals surface area contributed by atoms with Gasteiger partial charge in [0.2, 0.25) is 0 Å². The minimum absolute atomic E-state index is 0.0185. The molecule has 0 aliphatic heterocycles. The van der Waals surface area contributed by atoms with Gasteiger partial charge in [0.05, 0.1) is 0 Å². The monoisotopic (exact) mass is 311 g/mol. The van der Waals surface area contributed by atoms with E-state index in [9.17, 15) is 4.79 Å². The molecule has 1 aromatic carbocycles. The van der Waals surface area contributed by atoms with Crippen molar-refractivity contribution in [1.29, 1.82) is 0 Å². The fraction of sp³-hybridized carbons (Fsp3) is 0.533. The third-order valence-electron chi connectivity index (χ3n) is 3.47. The number of carbonyl (C=O) groups is 1. The summed E-state index contributed by atoms with van der Waals surface area (Å²) in [6.07, 6.45) is 1.84. The highest BCUT2D eigenvalue weighted by Gasteiger charge is 2.27. The minimum atomic E-state index is -0.144. The fourth-order valence-electron chi connectivity index (χ4n) is 2.07. The first kappa shape index (κ1) is 15.2. The van der Waals surface area contributed by atoms with E-state index in [0.29, 0.717) is 0 Å². The second-order valence-electron chi connectivity index (χ2n) is 4.95. The van der Waals surface area contributed by atoms with Crippen molar-refractivity contribution in [2.24, 2.45) is 0 Å². The van der Waals surface area contributed by atoms with Crippen molar-refractivity contribution < 1.29 is 4.79 Å². The molecule has 0 bridgehead atoms. The number of halogens is 1. The maximum atomic E-state index is 12.3. The summed E-state index contributed by atoms with van der Waals surface area (Å²) in [5, 5.41) is 3.95. The van der Waals surface area contributed by atoms with Gasteiger partial charge in [-0.3, -0.25) is 4.79 Å². The number of hydrogen-bond donors (Lipinski definition) is 1. The van der Waals surface area contributed by atoms with Crippen LogP contribution in [-0.4, -0.2) is 16.8 Å². The number of alkyl halides is 1. The highest BCUT2D eigenvalue weighted by Crippen LogP contribution is 2.19. The number of hydrogen-bond acceptors (Lipinski definition) is 1. The zero-order chi connectivity index (χ0) is 13.8. The number of nitrogens with one attached hydrogen (secondary N) is 1. The van der Waals surface area contributed by atoms with Crippen LogP contribution in [0.2, 0.25) is 0 Å². The van der Waals surface area contributed by atoms with Gasteiger partial charge in [0, 0.05) is 16.4 Å². The van der Waals surface area contributed by atoms with Crippen molar-refractivity contribution in [1.82, 2.24) is 5.32 Å². The lowest BCUT2D eigenvalue weighted by Crippen LogP contribution is -2.49. The Labute approximate surface area is 118 Å². The van der Waals surface area contributed by atoms with Crippen molar-refractivity contribution in [3.05, 3.63) is 34.9 Å². The van der Waals surface area contributed by atoms with Crippen LogP contribution in [0.5, 0.6) is 0 Å². The molecule has 1 N–H and O–H groups in total. The number of carbonyl (C=O) groups excluding carboxylic acids is 1. The lowest BCUT2D eigenvalue weighted by Gasteiger charge is -2.31. The molecular formula is C15H22BrNO. The molecule has 0 saturated carbocycles. The Bertz CT molecular complexity index is 396. The zero-order valence-electron chi connectivity index (χ0n) is 11.6. The second-order valence-corrected chi connectivity index (χ2v) is 5.51. The van der Waals surface area contributed by atoms with Gasteiger partial charge in [-0.1, -0.05) is 47.0 Å². The molecule has 18 heavy (non-hydrogen) atoms. The van der Waals surface area contributed by atoms with Crippen LogP contribution in [0, 0.1) is 13.8 Å². The maximum absolute atomic E-state index is 12.3. The van der Waals surface area contributed by atoms with E-state index in [1.54, 1.807) is 0 Å². The van der Waals surface area contributed by atoms with Crippen LogP contribution >= 0.6 is 15.9 Å². The van der Waals surface area contributed by atoms with E-state index in [1.165, 1.54) is 0 Å². The molecular weight excluding hydrogens is 290 g/mol. The minimum Gasteiger partial charge on any atom is -0.346 e. The van der Waals surface area contributed by atoms with Gasteiger partial charge in [0.25, 0.3) is 5.91 Å². The summed E-state index contributed by atoms with van der Waals surface area (Å²) < 4.78 is 0. The zero-order valence-corrected chi connectivity index (χ0v) is 13.2. The summed E-state index contributed by atoms with van der Waals surface area (Å²) in [6.45, 7) is 8.24. The smallest absolute Gasteiger partial charge is 0.251 e. The molecule has 0 radical (unpaired) electrons. The van der Waals surface area contributed by atoms with E-state index in [1.807, 2.05) is 26.0 Å². The Morgan fingerprint density at radius 2 is 1.67 bits per heavy atom. The van der Waals surface area contributed by atoms with E-state index in [0.717, 1.165) is 34.9 Å². The Morgan fingerprint density at radius 3 is 2.06 bits per heavy atom. The van der Waals surface area contributed by atoms with Crippen LogP contribution in [0.15, 0.2) is 18.2 Å². The molecule has 100 valence electrons. The first-order valence-electron chi connectivity index (χ1n) is 6.43. The van der Waals surface area contributed by atoms with Gasteiger partial charge in [-0.2, -0.15) is 0 Å². The summed E-state index contributed by atoms with van der Waals surface area (Å²) in [4.78, 5) is 12.3. The van der Waals surface area contributed by atoms with E-state index in [-0.39, 0.29) is 11.4 Å². The SMILES string of the molecule is CCC(CC)(CBr)NC(=O)c1cc(C)cc(C)c1. The molecule has 0 spiro atoms. The first-order chi connectivity index (χ1) is 8.46. The number of amides is 1. The van der Waals surface area contributed by atoms with Gasteiger partial charge in [-0.15, -0.1) is 0 Å². The molecule has 0 unspecified atom stereocenters. The standard InChI is InChI=1S/C15H22BrNO/c1-5-15(6-2,10-16)17-14(18)13-8-11(3)7-12(4)9-13/h7-9H,5-6,10H2,1-4H3,(H,17,18). The summed E-state index contributed by atoms with van der Waals surface area (Å²) in [5.74, 6) is 0.0185. The third-order valence-corrected chi connectivity index (χ3v) is 4.55. The summed E-state index contributed by atoms with van der Waals surface area (Å²) in [7, 11) is 0. The van der Waals surface area contributed by atoms with E-state index < -0.39 is 0 Å². The summed E-state index contributed by atoms with van der Waals surface area (Å²) >= 11 is 3.51. The quantitative estimate of drug-likeness (QED) is 0.819. The molecule has 1 amide bonds. The third kappa shape index (κ3) is 3.58. The normalized spacial score (nSPS) is 11.4. The predicted octanol–water partition coefficient (Wildman–Crippen LogP) is 3.99. The van der Waals surface area contributed by atoms with Crippen LogP contribution in [0.4, 0.5) is 0 Å². The predicted molar refractivity (Wildman–Crippen MR) is 80.5 cm³/mol. The van der Waals surface area contributed by atoms with Crippen LogP contribution in [0.25, 0.3) is 0 Å². The maximum Gasteiger partial charge on any atom is 0.251 e. The van der Waals surface area contributed by atoms with E-state index in [2.05, 4.69) is 41.2 Å². The Morgan fingerprint density at radius 1 is 1.17 bits per heavy atom. The molecule has 1 aromatic rings. The Kier molecular flexibility index (Phi) is 5.39. The molecule has 0 saturated heterocycles. The molecule has 0 fully saturated rings. The lowest BCUT2D eigenvalue weighted by atomic mass is 9.94. The van der Waals surface area contributed by atoms with Crippen LogP contribution in [0.1, 0.15) is 48.2 Å². The number of rotatable bonds is 5. The van der Waals surface area contributed by atoms with Crippen molar-refractivity contribution in [3.8, 4) is 0 Å². The Balaban J connectivity index is 2.94. The molecule has 0 aromatic heterocycles. The van der Waals surface area contributed by atoms with Gasteiger partial charge in [-0.25, -0.2) is 0 Å². The van der Waals surface area contributed by atoms with Gasteiger partial charge in [-0.05, 0) is 38.8 Å². The largest absolute Gasteiger partial charge is 0.346 e. The molecule has 0 heterocycles. The fourth-order valence-corrected chi connectivity index (χ4v) is 3.00. The molecule has 1 rings (SSSR count). The average Bonchev–Trinajstić information content (AvgIpc) is 2.35. The van der Waals surface area contributed by atoms with Gasteiger partial charge >= 0.3 is 0 Å². The highest BCUT2D eigenvalue weighted by atomic mass is 79.9. The lowest BCUT2D eigenvalue weighted by molar-refractivity contribution is 0.0903. The van der Waals surface area contributed by atoms with Crippen LogP contribution in [-0.2, 0) is 0 Å². The van der Waals surface area contributed by atoms with Crippen molar-refractivity contribution in [3.63, 3.8) is 0 Å². The molecule has 0 atom stereocenters.